The first-order valence-electron chi connectivity index (χ1n) is 4.71. The molecule has 2 aromatic rings. The molecule has 2 N–H and O–H groups in total. The third-order valence-corrected chi connectivity index (χ3v) is 2.12. The third kappa shape index (κ3) is 2.38. The Bertz CT molecular complexity index is 574. The minimum atomic E-state index is -4.89. The quantitative estimate of drug-likeness (QED) is 0.807. The summed E-state index contributed by atoms with van der Waals surface area (Å²) in [4.78, 5) is 17.7. The van der Waals surface area contributed by atoms with Crippen LogP contribution >= 0.6 is 0 Å². The molecule has 4 nitrogen and oxygen atoms in total. The van der Waals surface area contributed by atoms with E-state index in [4.69, 9.17) is 0 Å². The topological polar surface area (TPSA) is 57.8 Å². The molecule has 0 aliphatic heterocycles. The molecule has 0 radical (unpaired) electrons. The molecule has 0 spiro atoms. The summed E-state index contributed by atoms with van der Waals surface area (Å²) in [6.45, 7) is 1.73. The van der Waals surface area contributed by atoms with E-state index in [0.29, 0.717) is 16.9 Å². The Morgan fingerprint density at radius 3 is 2.76 bits per heavy atom. The number of carbonyl (C=O) groups is 1. The van der Waals surface area contributed by atoms with Gasteiger partial charge in [0.1, 0.15) is 5.82 Å². The number of hydrogen-bond acceptors (Lipinski definition) is 2. The van der Waals surface area contributed by atoms with Crippen molar-refractivity contribution < 1.29 is 18.0 Å². The van der Waals surface area contributed by atoms with Crippen molar-refractivity contribution in [3.63, 3.8) is 0 Å². The van der Waals surface area contributed by atoms with Gasteiger partial charge in [-0.15, -0.1) is 0 Å². The van der Waals surface area contributed by atoms with Crippen LogP contribution in [-0.2, 0) is 4.79 Å². The Balaban J connectivity index is 2.28. The smallest absolute Gasteiger partial charge is 0.342 e. The van der Waals surface area contributed by atoms with Crippen molar-refractivity contribution in [3.05, 3.63) is 24.0 Å². The number of aryl methyl sites for hydroxylation is 1. The van der Waals surface area contributed by atoms with Gasteiger partial charge in [-0.25, -0.2) is 4.98 Å². The summed E-state index contributed by atoms with van der Waals surface area (Å²) < 4.78 is 36.1. The highest BCUT2D eigenvalue weighted by molar-refractivity contribution is 5.96. The molecule has 2 rings (SSSR count). The summed E-state index contributed by atoms with van der Waals surface area (Å²) in [5.41, 5.74) is 1.28. The van der Waals surface area contributed by atoms with Gasteiger partial charge >= 0.3 is 12.1 Å². The molecule has 7 heteroatoms. The van der Waals surface area contributed by atoms with Crippen LogP contribution in [0, 0.1) is 6.92 Å². The van der Waals surface area contributed by atoms with Crippen LogP contribution in [-0.4, -0.2) is 22.1 Å². The van der Waals surface area contributed by atoms with Crippen molar-refractivity contribution in [2.75, 3.05) is 5.32 Å². The second kappa shape index (κ2) is 3.76. The lowest BCUT2D eigenvalue weighted by atomic mass is 10.2. The number of benzene rings is 1. The molecule has 0 aliphatic carbocycles. The van der Waals surface area contributed by atoms with Gasteiger partial charge in [0, 0.05) is 5.69 Å². The highest BCUT2D eigenvalue weighted by Crippen LogP contribution is 2.21. The largest absolute Gasteiger partial charge is 0.471 e. The molecule has 0 unspecified atom stereocenters. The van der Waals surface area contributed by atoms with Crippen LogP contribution in [0.1, 0.15) is 5.82 Å². The van der Waals surface area contributed by atoms with Gasteiger partial charge in [-0.2, -0.15) is 13.2 Å². The Labute approximate surface area is 93.8 Å². The number of carbonyl (C=O) groups excluding carboxylic acids is 1. The predicted molar refractivity (Wildman–Crippen MR) is 55.5 cm³/mol. The normalized spacial score (nSPS) is 11.8. The van der Waals surface area contributed by atoms with Crippen LogP contribution in [0.2, 0.25) is 0 Å². The second-order valence-corrected chi connectivity index (χ2v) is 3.51. The fourth-order valence-electron chi connectivity index (χ4n) is 1.42. The number of amides is 1. The molecule has 0 bridgehead atoms. The van der Waals surface area contributed by atoms with Crippen LogP contribution in [0.5, 0.6) is 0 Å². The van der Waals surface area contributed by atoms with Gasteiger partial charge in [0.25, 0.3) is 0 Å². The molecule has 1 aromatic heterocycles. The van der Waals surface area contributed by atoms with Crippen molar-refractivity contribution in [1.29, 1.82) is 0 Å². The molecule has 0 saturated heterocycles. The van der Waals surface area contributed by atoms with E-state index in [1.54, 1.807) is 12.2 Å². The summed E-state index contributed by atoms with van der Waals surface area (Å²) in [7, 11) is 0. The molecular formula is C10H8F3N3O. The van der Waals surface area contributed by atoms with Gasteiger partial charge in [0.2, 0.25) is 0 Å². The second-order valence-electron chi connectivity index (χ2n) is 3.51. The number of hydrogen-bond donors (Lipinski definition) is 2. The van der Waals surface area contributed by atoms with E-state index < -0.39 is 12.1 Å². The molecule has 17 heavy (non-hydrogen) atoms. The fourth-order valence-corrected chi connectivity index (χ4v) is 1.42. The number of aromatic amines is 1. The maximum Gasteiger partial charge on any atom is 0.471 e. The highest BCUT2D eigenvalue weighted by atomic mass is 19.4. The Morgan fingerprint density at radius 2 is 2.12 bits per heavy atom. The third-order valence-electron chi connectivity index (χ3n) is 2.12. The molecule has 0 saturated carbocycles. The number of anilines is 1. The van der Waals surface area contributed by atoms with Gasteiger partial charge in [-0.3, -0.25) is 4.79 Å². The Morgan fingerprint density at radius 1 is 1.41 bits per heavy atom. The fraction of sp³-hybridized carbons (Fsp3) is 0.200. The number of nitrogens with one attached hydrogen (secondary N) is 2. The van der Waals surface area contributed by atoms with E-state index in [1.165, 1.54) is 18.2 Å². The number of alkyl halides is 3. The highest BCUT2D eigenvalue weighted by Gasteiger charge is 2.38. The van der Waals surface area contributed by atoms with E-state index in [0.717, 1.165) is 0 Å². The number of rotatable bonds is 1. The van der Waals surface area contributed by atoms with Gasteiger partial charge in [-0.1, -0.05) is 0 Å². The van der Waals surface area contributed by atoms with Gasteiger partial charge in [0.05, 0.1) is 11.0 Å². The van der Waals surface area contributed by atoms with Crippen molar-refractivity contribution in [1.82, 2.24) is 9.97 Å². The van der Waals surface area contributed by atoms with Crippen LogP contribution in [0.15, 0.2) is 18.2 Å². The number of halogens is 3. The van der Waals surface area contributed by atoms with Gasteiger partial charge in [0.15, 0.2) is 0 Å². The minimum absolute atomic E-state index is 0.0727. The van der Waals surface area contributed by atoms with Gasteiger partial charge in [-0.05, 0) is 25.1 Å². The van der Waals surface area contributed by atoms with Crippen molar-refractivity contribution in [3.8, 4) is 0 Å². The summed E-state index contributed by atoms with van der Waals surface area (Å²) in [6, 6.07) is 4.30. The van der Waals surface area contributed by atoms with E-state index in [2.05, 4.69) is 9.97 Å². The summed E-state index contributed by atoms with van der Waals surface area (Å²) in [5.74, 6) is -1.34. The minimum Gasteiger partial charge on any atom is -0.342 e. The summed E-state index contributed by atoms with van der Waals surface area (Å²) >= 11 is 0. The first-order chi connectivity index (χ1) is 7.86. The Hall–Kier alpha value is -2.05. The van der Waals surface area contributed by atoms with Crippen molar-refractivity contribution in [2.45, 2.75) is 13.1 Å². The molecule has 0 aliphatic rings. The van der Waals surface area contributed by atoms with Crippen LogP contribution in [0.4, 0.5) is 18.9 Å². The number of nitrogens with zero attached hydrogens (tertiary/aromatic N) is 1. The maximum atomic E-state index is 12.0. The van der Waals surface area contributed by atoms with Crippen LogP contribution < -0.4 is 5.32 Å². The molecule has 90 valence electrons. The maximum absolute atomic E-state index is 12.0. The zero-order valence-corrected chi connectivity index (χ0v) is 8.72. The molecule has 1 aromatic carbocycles. The van der Waals surface area contributed by atoms with Crippen LogP contribution in [0.3, 0.4) is 0 Å². The van der Waals surface area contributed by atoms with E-state index in [-0.39, 0.29) is 5.69 Å². The molecule has 1 amide bonds. The monoisotopic (exact) mass is 243 g/mol. The average Bonchev–Trinajstić information content (AvgIpc) is 2.55. The number of imidazole rings is 1. The molecule has 1 heterocycles. The summed E-state index contributed by atoms with van der Waals surface area (Å²) in [6.07, 6.45) is -4.89. The molecular weight excluding hydrogens is 235 g/mol. The first-order valence-corrected chi connectivity index (χ1v) is 4.71. The average molecular weight is 243 g/mol. The van der Waals surface area contributed by atoms with E-state index >= 15 is 0 Å². The molecule has 0 atom stereocenters. The first kappa shape index (κ1) is 11.4. The number of aromatic nitrogens is 2. The lowest BCUT2D eigenvalue weighted by Gasteiger charge is -2.07. The standard InChI is InChI=1S/C10H8F3N3O/c1-5-14-7-3-2-6(4-8(7)15-5)16-9(17)10(11,12)13/h2-4H,1H3,(H,14,15)(H,16,17). The van der Waals surface area contributed by atoms with E-state index in [1.807, 2.05) is 0 Å². The number of fused-ring (bicyclic) bond motifs is 1. The van der Waals surface area contributed by atoms with Crippen molar-refractivity contribution in [2.24, 2.45) is 0 Å². The zero-order chi connectivity index (χ0) is 12.6. The lowest BCUT2D eigenvalue weighted by Crippen LogP contribution is -2.29. The predicted octanol–water partition coefficient (Wildman–Crippen LogP) is 2.37. The SMILES string of the molecule is Cc1nc2ccc(NC(=O)C(F)(F)F)cc2[nH]1. The van der Waals surface area contributed by atoms with Gasteiger partial charge < -0.3 is 10.3 Å². The molecule has 0 fully saturated rings. The zero-order valence-electron chi connectivity index (χ0n) is 8.72. The van der Waals surface area contributed by atoms with Crippen LogP contribution in [0.25, 0.3) is 11.0 Å². The van der Waals surface area contributed by atoms with E-state index in [9.17, 15) is 18.0 Å². The Kier molecular flexibility index (Phi) is 2.53. The summed E-state index contributed by atoms with van der Waals surface area (Å²) in [5, 5.41) is 1.77. The number of H-pyrrole nitrogens is 1. The van der Waals surface area contributed by atoms with Crippen molar-refractivity contribution >= 4 is 22.6 Å². The lowest BCUT2D eigenvalue weighted by molar-refractivity contribution is -0.167.